The van der Waals surface area contributed by atoms with E-state index in [-0.39, 0.29) is 12.3 Å². The van der Waals surface area contributed by atoms with Crippen LogP contribution in [0.15, 0.2) is 30.7 Å². The number of pyridine rings is 1. The average molecular weight is 344 g/mol. The SMILES string of the molecule is Cc1c(C(=O)NC2(CC(=O)O)CCOCC2)cnn1-c1ccncc1. The highest BCUT2D eigenvalue weighted by Crippen LogP contribution is 2.26. The molecule has 2 N–H and O–H groups in total. The zero-order valence-electron chi connectivity index (χ0n) is 13.9. The zero-order valence-corrected chi connectivity index (χ0v) is 13.9. The Hall–Kier alpha value is -2.74. The van der Waals surface area contributed by atoms with Gasteiger partial charge in [0, 0.05) is 25.6 Å². The molecule has 8 nitrogen and oxygen atoms in total. The molecule has 0 unspecified atom stereocenters. The topological polar surface area (TPSA) is 106 Å². The van der Waals surface area contributed by atoms with Gasteiger partial charge in [-0.3, -0.25) is 14.6 Å². The number of amides is 1. The summed E-state index contributed by atoms with van der Waals surface area (Å²) < 4.78 is 6.97. The maximum Gasteiger partial charge on any atom is 0.305 e. The van der Waals surface area contributed by atoms with Crippen LogP contribution in [0.3, 0.4) is 0 Å². The van der Waals surface area contributed by atoms with Crippen LogP contribution in [0, 0.1) is 6.92 Å². The number of ether oxygens (including phenoxy) is 1. The number of carbonyl (C=O) groups excluding carboxylic acids is 1. The summed E-state index contributed by atoms with van der Waals surface area (Å²) in [7, 11) is 0. The van der Waals surface area contributed by atoms with E-state index in [1.54, 1.807) is 36.1 Å². The van der Waals surface area contributed by atoms with Crippen LogP contribution in [0.5, 0.6) is 0 Å². The molecule has 3 rings (SSSR count). The number of nitrogens with one attached hydrogen (secondary N) is 1. The fourth-order valence-electron chi connectivity index (χ4n) is 3.08. The maximum atomic E-state index is 12.8. The van der Waals surface area contributed by atoms with Gasteiger partial charge in [-0.15, -0.1) is 0 Å². The molecule has 1 amide bonds. The summed E-state index contributed by atoms with van der Waals surface area (Å²) in [6.07, 6.45) is 5.63. The van der Waals surface area contributed by atoms with Gasteiger partial charge in [0.2, 0.25) is 0 Å². The standard InChI is InChI=1S/C17H20N4O4/c1-12-14(11-19-21(12)13-2-6-18-7-3-13)16(24)20-17(10-15(22)23)4-8-25-9-5-17/h2-3,6-7,11H,4-5,8-10H2,1H3,(H,20,24)(H,22,23). The summed E-state index contributed by atoms with van der Waals surface area (Å²) in [5.41, 5.74) is 1.12. The minimum atomic E-state index is -0.939. The summed E-state index contributed by atoms with van der Waals surface area (Å²) in [6.45, 7) is 2.67. The number of carboxylic acids is 1. The van der Waals surface area contributed by atoms with Crippen LogP contribution < -0.4 is 5.32 Å². The van der Waals surface area contributed by atoms with Crippen molar-refractivity contribution in [1.82, 2.24) is 20.1 Å². The zero-order chi connectivity index (χ0) is 17.9. The highest BCUT2D eigenvalue weighted by atomic mass is 16.5. The first-order chi connectivity index (χ1) is 12.0. The van der Waals surface area contributed by atoms with Crippen LogP contribution in [-0.2, 0) is 9.53 Å². The van der Waals surface area contributed by atoms with Crippen molar-refractivity contribution in [3.05, 3.63) is 42.0 Å². The van der Waals surface area contributed by atoms with E-state index in [0.717, 1.165) is 5.69 Å². The second kappa shape index (κ2) is 7.02. The summed E-state index contributed by atoms with van der Waals surface area (Å²) in [5, 5.41) is 16.4. The largest absolute Gasteiger partial charge is 0.481 e. The van der Waals surface area contributed by atoms with Crippen LogP contribution in [0.25, 0.3) is 5.69 Å². The van der Waals surface area contributed by atoms with Crippen LogP contribution in [0.2, 0.25) is 0 Å². The van der Waals surface area contributed by atoms with Crippen LogP contribution >= 0.6 is 0 Å². The van der Waals surface area contributed by atoms with Crippen LogP contribution in [0.1, 0.15) is 35.3 Å². The minimum Gasteiger partial charge on any atom is -0.481 e. The van der Waals surface area contributed by atoms with E-state index in [9.17, 15) is 14.7 Å². The van der Waals surface area contributed by atoms with Crippen molar-refractivity contribution in [1.29, 1.82) is 0 Å². The molecule has 1 fully saturated rings. The number of carboxylic acid groups (broad SMARTS) is 1. The molecule has 0 bridgehead atoms. The van der Waals surface area contributed by atoms with E-state index in [2.05, 4.69) is 15.4 Å². The van der Waals surface area contributed by atoms with Crippen molar-refractivity contribution in [2.75, 3.05) is 13.2 Å². The Kier molecular flexibility index (Phi) is 4.80. The number of carbonyl (C=O) groups is 2. The first kappa shape index (κ1) is 17.1. The van der Waals surface area contributed by atoms with Gasteiger partial charge >= 0.3 is 5.97 Å². The van der Waals surface area contributed by atoms with Gasteiger partial charge in [0.25, 0.3) is 5.91 Å². The van der Waals surface area contributed by atoms with E-state index in [4.69, 9.17) is 4.74 Å². The van der Waals surface area contributed by atoms with Crippen LogP contribution in [-0.4, -0.2) is 50.5 Å². The smallest absolute Gasteiger partial charge is 0.305 e. The minimum absolute atomic E-state index is 0.125. The summed E-state index contributed by atoms with van der Waals surface area (Å²) in [4.78, 5) is 28.0. The second-order valence-corrected chi connectivity index (χ2v) is 6.18. The molecule has 25 heavy (non-hydrogen) atoms. The van der Waals surface area contributed by atoms with Gasteiger partial charge in [-0.05, 0) is 31.9 Å². The Bertz CT molecular complexity index is 766. The third-order valence-electron chi connectivity index (χ3n) is 4.48. The number of hydrogen-bond donors (Lipinski definition) is 2. The Morgan fingerprint density at radius 3 is 2.64 bits per heavy atom. The fraction of sp³-hybridized carbons (Fsp3) is 0.412. The predicted molar refractivity (Wildman–Crippen MR) is 88.6 cm³/mol. The Balaban J connectivity index is 1.83. The van der Waals surface area contributed by atoms with Crippen molar-refractivity contribution < 1.29 is 19.4 Å². The van der Waals surface area contributed by atoms with E-state index in [1.165, 1.54) is 6.20 Å². The van der Waals surface area contributed by atoms with Gasteiger partial charge in [-0.2, -0.15) is 5.10 Å². The molecule has 132 valence electrons. The van der Waals surface area contributed by atoms with Crippen LogP contribution in [0.4, 0.5) is 0 Å². The number of aliphatic carboxylic acids is 1. The molecule has 1 saturated heterocycles. The molecule has 1 aliphatic rings. The lowest BCUT2D eigenvalue weighted by atomic mass is 9.86. The molecule has 1 aliphatic heterocycles. The highest BCUT2D eigenvalue weighted by Gasteiger charge is 2.37. The summed E-state index contributed by atoms with van der Waals surface area (Å²) >= 11 is 0. The summed E-state index contributed by atoms with van der Waals surface area (Å²) in [6, 6.07) is 3.60. The van der Waals surface area contributed by atoms with Crippen molar-refractivity contribution in [2.45, 2.75) is 31.7 Å². The molecule has 0 radical (unpaired) electrons. The van der Waals surface area contributed by atoms with Gasteiger partial charge < -0.3 is 15.2 Å². The lowest BCUT2D eigenvalue weighted by Gasteiger charge is -2.36. The predicted octanol–water partition coefficient (Wildman–Crippen LogP) is 1.33. The molecule has 0 spiro atoms. The van der Waals surface area contributed by atoms with Gasteiger partial charge in [-0.1, -0.05) is 0 Å². The molecule has 0 saturated carbocycles. The van der Waals surface area contributed by atoms with Crippen molar-refractivity contribution in [2.24, 2.45) is 0 Å². The van der Waals surface area contributed by atoms with Gasteiger partial charge in [-0.25, -0.2) is 4.68 Å². The average Bonchev–Trinajstić information content (AvgIpc) is 2.97. The Morgan fingerprint density at radius 1 is 1.32 bits per heavy atom. The lowest BCUT2D eigenvalue weighted by Crippen LogP contribution is -2.53. The highest BCUT2D eigenvalue weighted by molar-refractivity contribution is 5.96. The molecule has 3 heterocycles. The number of hydrogen-bond acceptors (Lipinski definition) is 5. The summed E-state index contributed by atoms with van der Waals surface area (Å²) in [5.74, 6) is -1.26. The van der Waals surface area contributed by atoms with E-state index in [1.807, 2.05) is 0 Å². The van der Waals surface area contributed by atoms with Crippen molar-refractivity contribution >= 4 is 11.9 Å². The molecule has 0 aliphatic carbocycles. The molecule has 0 atom stereocenters. The number of nitrogens with zero attached hydrogens (tertiary/aromatic N) is 3. The maximum absolute atomic E-state index is 12.8. The number of aromatic nitrogens is 3. The molecule has 0 aromatic carbocycles. The van der Waals surface area contributed by atoms with E-state index in [0.29, 0.717) is 37.3 Å². The Morgan fingerprint density at radius 2 is 2.00 bits per heavy atom. The fourth-order valence-corrected chi connectivity index (χ4v) is 3.08. The van der Waals surface area contributed by atoms with Gasteiger partial charge in [0.05, 0.1) is 35.1 Å². The normalized spacial score (nSPS) is 16.4. The van der Waals surface area contributed by atoms with E-state index >= 15 is 0 Å². The molecule has 2 aromatic rings. The quantitative estimate of drug-likeness (QED) is 0.847. The molecule has 2 aromatic heterocycles. The molecular weight excluding hydrogens is 324 g/mol. The third kappa shape index (κ3) is 3.69. The third-order valence-corrected chi connectivity index (χ3v) is 4.48. The van der Waals surface area contributed by atoms with Gasteiger partial charge in [0.1, 0.15) is 0 Å². The first-order valence-electron chi connectivity index (χ1n) is 8.08. The van der Waals surface area contributed by atoms with Crippen molar-refractivity contribution in [3.8, 4) is 5.69 Å². The monoisotopic (exact) mass is 344 g/mol. The first-order valence-corrected chi connectivity index (χ1v) is 8.08. The number of rotatable bonds is 5. The Labute approximate surface area is 144 Å². The van der Waals surface area contributed by atoms with Gasteiger partial charge in [0.15, 0.2) is 0 Å². The lowest BCUT2D eigenvalue weighted by molar-refractivity contribution is -0.139. The van der Waals surface area contributed by atoms with E-state index < -0.39 is 11.5 Å². The molecule has 8 heteroatoms. The molecular formula is C17H20N4O4. The second-order valence-electron chi connectivity index (χ2n) is 6.18. The van der Waals surface area contributed by atoms with Crippen molar-refractivity contribution in [3.63, 3.8) is 0 Å².